The molecule has 1 heterocycles. The van der Waals surface area contributed by atoms with Crippen LogP contribution in [0.3, 0.4) is 0 Å². The molecule has 1 saturated heterocycles. The number of anilines is 1. The highest BCUT2D eigenvalue weighted by molar-refractivity contribution is 8.01. The third-order valence-corrected chi connectivity index (χ3v) is 5.60. The van der Waals surface area contributed by atoms with Crippen LogP contribution in [-0.4, -0.2) is 46.8 Å². The fourth-order valence-electron chi connectivity index (χ4n) is 3.00. The van der Waals surface area contributed by atoms with Gasteiger partial charge in [0, 0.05) is 24.8 Å². The molecule has 1 fully saturated rings. The van der Waals surface area contributed by atoms with E-state index in [9.17, 15) is 14.0 Å². The molecule has 0 spiro atoms. The Hall–Kier alpha value is -1.31. The summed E-state index contributed by atoms with van der Waals surface area (Å²) in [5.74, 6) is 0.238. The molecule has 0 aromatic heterocycles. The monoisotopic (exact) mass is 403 g/mol. The molecule has 2 rings (SSSR count). The van der Waals surface area contributed by atoms with E-state index in [0.29, 0.717) is 18.2 Å². The Labute approximate surface area is 164 Å². The van der Waals surface area contributed by atoms with Crippen LogP contribution < -0.4 is 11.1 Å². The Morgan fingerprint density at radius 2 is 2.04 bits per heavy atom. The lowest BCUT2D eigenvalue weighted by molar-refractivity contribution is -0.134. The van der Waals surface area contributed by atoms with Gasteiger partial charge in [0.2, 0.25) is 11.8 Å². The van der Waals surface area contributed by atoms with E-state index in [-0.39, 0.29) is 47.1 Å². The Balaban J connectivity index is 0.00000338. The van der Waals surface area contributed by atoms with E-state index < -0.39 is 0 Å². The lowest BCUT2D eigenvalue weighted by atomic mass is 9.92. The minimum atomic E-state index is -0.350. The summed E-state index contributed by atoms with van der Waals surface area (Å²) in [7, 11) is 0. The van der Waals surface area contributed by atoms with E-state index in [1.165, 1.54) is 36.0 Å². The molecule has 2 amide bonds. The Morgan fingerprint density at radius 3 is 2.65 bits per heavy atom. The first-order valence-corrected chi connectivity index (χ1v) is 9.63. The standard InChI is InChI=1S/C18H26FN3O2S.ClH/c1-12-7-8-22(16(9-12)10-20)18(24)13(2)25-11-17(23)21-15-5-3-14(19)4-6-15;/h3-6,12-13,16H,7-11,20H2,1-2H3,(H,21,23);1H. The van der Waals surface area contributed by atoms with Crippen molar-refractivity contribution in [2.75, 3.05) is 24.2 Å². The topological polar surface area (TPSA) is 75.4 Å². The summed E-state index contributed by atoms with van der Waals surface area (Å²) in [4.78, 5) is 26.5. The Morgan fingerprint density at radius 1 is 1.38 bits per heavy atom. The molecule has 1 aliphatic rings. The first-order chi connectivity index (χ1) is 11.9. The Kier molecular flexibility index (Phi) is 9.39. The number of nitrogens with one attached hydrogen (secondary N) is 1. The van der Waals surface area contributed by atoms with Crippen molar-refractivity contribution < 1.29 is 14.0 Å². The highest BCUT2D eigenvalue weighted by Crippen LogP contribution is 2.25. The summed E-state index contributed by atoms with van der Waals surface area (Å²) in [5, 5.41) is 2.39. The lowest BCUT2D eigenvalue weighted by Crippen LogP contribution is -2.51. The summed E-state index contributed by atoms with van der Waals surface area (Å²) in [6.45, 7) is 5.21. The molecule has 0 bridgehead atoms. The summed E-state index contributed by atoms with van der Waals surface area (Å²) >= 11 is 1.30. The number of rotatable bonds is 6. The predicted octanol–water partition coefficient (Wildman–Crippen LogP) is 2.89. The van der Waals surface area contributed by atoms with Crippen molar-refractivity contribution in [1.82, 2.24) is 4.90 Å². The van der Waals surface area contributed by atoms with E-state index in [4.69, 9.17) is 5.73 Å². The van der Waals surface area contributed by atoms with E-state index in [1.54, 1.807) is 0 Å². The lowest BCUT2D eigenvalue weighted by Gasteiger charge is -2.39. The molecule has 1 aliphatic heterocycles. The van der Waals surface area contributed by atoms with Crippen LogP contribution in [0.1, 0.15) is 26.7 Å². The van der Waals surface area contributed by atoms with Crippen molar-refractivity contribution in [3.63, 3.8) is 0 Å². The van der Waals surface area contributed by atoms with Crippen LogP contribution in [0.5, 0.6) is 0 Å². The number of benzene rings is 1. The van der Waals surface area contributed by atoms with Gasteiger partial charge >= 0.3 is 0 Å². The van der Waals surface area contributed by atoms with Crippen LogP contribution in [0, 0.1) is 11.7 Å². The fourth-order valence-corrected chi connectivity index (χ4v) is 3.75. The van der Waals surface area contributed by atoms with Crippen molar-refractivity contribution >= 4 is 41.7 Å². The highest BCUT2D eigenvalue weighted by Gasteiger charge is 2.31. The van der Waals surface area contributed by atoms with Gasteiger partial charge in [0.05, 0.1) is 11.0 Å². The molecule has 3 N–H and O–H groups in total. The first-order valence-electron chi connectivity index (χ1n) is 8.58. The number of halogens is 2. The molecule has 26 heavy (non-hydrogen) atoms. The van der Waals surface area contributed by atoms with Crippen LogP contribution in [0.2, 0.25) is 0 Å². The Bertz CT molecular complexity index is 603. The maximum Gasteiger partial charge on any atom is 0.235 e. The van der Waals surface area contributed by atoms with Crippen molar-refractivity contribution in [1.29, 1.82) is 0 Å². The van der Waals surface area contributed by atoms with Gasteiger partial charge in [0.1, 0.15) is 5.82 Å². The van der Waals surface area contributed by atoms with E-state index in [0.717, 1.165) is 19.4 Å². The van der Waals surface area contributed by atoms with Crippen LogP contribution in [0.15, 0.2) is 24.3 Å². The van der Waals surface area contributed by atoms with Crippen molar-refractivity contribution in [2.24, 2.45) is 11.7 Å². The number of amides is 2. The summed E-state index contributed by atoms with van der Waals surface area (Å²) in [6.07, 6.45) is 1.93. The van der Waals surface area contributed by atoms with Gasteiger partial charge in [0.15, 0.2) is 0 Å². The van der Waals surface area contributed by atoms with Crippen LogP contribution in [0.25, 0.3) is 0 Å². The number of nitrogens with two attached hydrogens (primary N) is 1. The first kappa shape index (κ1) is 22.7. The molecule has 5 nitrogen and oxygen atoms in total. The van der Waals surface area contributed by atoms with E-state index >= 15 is 0 Å². The average Bonchev–Trinajstić information content (AvgIpc) is 2.61. The maximum atomic E-state index is 12.9. The quantitative estimate of drug-likeness (QED) is 0.765. The summed E-state index contributed by atoms with van der Waals surface area (Å²) in [5.41, 5.74) is 6.36. The van der Waals surface area contributed by atoms with E-state index in [1.807, 2.05) is 11.8 Å². The number of carbonyl (C=O) groups is 2. The molecule has 0 radical (unpaired) electrons. The zero-order valence-corrected chi connectivity index (χ0v) is 16.7. The van der Waals surface area contributed by atoms with E-state index in [2.05, 4.69) is 12.2 Å². The SMILES string of the molecule is CC1CCN(C(=O)C(C)SCC(=O)Nc2ccc(F)cc2)C(CN)C1.Cl. The van der Waals surface area contributed by atoms with Crippen LogP contribution in [0.4, 0.5) is 10.1 Å². The smallest absolute Gasteiger partial charge is 0.235 e. The van der Waals surface area contributed by atoms with Gasteiger partial charge in [-0.15, -0.1) is 24.2 Å². The zero-order valence-electron chi connectivity index (χ0n) is 15.1. The minimum Gasteiger partial charge on any atom is -0.337 e. The van der Waals surface area contributed by atoms with Gasteiger partial charge in [-0.25, -0.2) is 4.39 Å². The van der Waals surface area contributed by atoms with Gasteiger partial charge < -0.3 is 16.0 Å². The number of hydrogen-bond acceptors (Lipinski definition) is 4. The largest absolute Gasteiger partial charge is 0.337 e. The van der Waals surface area contributed by atoms with Gasteiger partial charge in [0.25, 0.3) is 0 Å². The molecule has 146 valence electrons. The summed E-state index contributed by atoms with van der Waals surface area (Å²) in [6, 6.07) is 5.69. The third kappa shape index (κ3) is 6.45. The number of hydrogen-bond donors (Lipinski definition) is 2. The molecule has 1 aromatic carbocycles. The normalized spacial score (nSPS) is 20.8. The number of nitrogens with zero attached hydrogens (tertiary/aromatic N) is 1. The van der Waals surface area contributed by atoms with Crippen molar-refractivity contribution in [3.05, 3.63) is 30.1 Å². The van der Waals surface area contributed by atoms with Gasteiger partial charge in [-0.05, 0) is 49.9 Å². The summed E-state index contributed by atoms with van der Waals surface area (Å²) < 4.78 is 12.9. The third-order valence-electron chi connectivity index (χ3n) is 4.47. The molecule has 0 saturated carbocycles. The molecular weight excluding hydrogens is 377 g/mol. The second kappa shape index (κ2) is 10.7. The zero-order chi connectivity index (χ0) is 18.4. The van der Waals surface area contributed by atoms with Crippen LogP contribution in [-0.2, 0) is 9.59 Å². The molecule has 3 unspecified atom stereocenters. The minimum absolute atomic E-state index is 0. The fraction of sp³-hybridized carbons (Fsp3) is 0.556. The number of piperidine rings is 1. The number of carbonyl (C=O) groups excluding carboxylic acids is 2. The molecule has 8 heteroatoms. The second-order valence-corrected chi connectivity index (χ2v) is 7.89. The van der Waals surface area contributed by atoms with Crippen LogP contribution >= 0.6 is 24.2 Å². The van der Waals surface area contributed by atoms with Gasteiger partial charge in [-0.3, -0.25) is 9.59 Å². The molecular formula is C18H27ClFN3O2S. The number of thioether (sulfide) groups is 1. The van der Waals surface area contributed by atoms with Crippen molar-refractivity contribution in [3.8, 4) is 0 Å². The average molecular weight is 404 g/mol. The second-order valence-electron chi connectivity index (χ2n) is 6.56. The molecule has 0 aliphatic carbocycles. The molecule has 3 atom stereocenters. The maximum absolute atomic E-state index is 12.9. The van der Waals surface area contributed by atoms with Gasteiger partial charge in [-0.1, -0.05) is 6.92 Å². The predicted molar refractivity (Wildman–Crippen MR) is 107 cm³/mol. The highest BCUT2D eigenvalue weighted by atomic mass is 35.5. The number of likely N-dealkylation sites (tertiary alicyclic amines) is 1. The van der Waals surface area contributed by atoms with Crippen molar-refractivity contribution in [2.45, 2.75) is 38.0 Å². The molecule has 1 aromatic rings. The van der Waals surface area contributed by atoms with Gasteiger partial charge in [-0.2, -0.15) is 0 Å².